The molecular weight excluding hydrogens is 325 g/mol. The van der Waals surface area contributed by atoms with E-state index in [1.807, 2.05) is 4.90 Å². The van der Waals surface area contributed by atoms with E-state index < -0.39 is 16.4 Å². The van der Waals surface area contributed by atoms with Crippen LogP contribution in [-0.2, 0) is 4.79 Å². The van der Waals surface area contributed by atoms with E-state index in [9.17, 15) is 19.3 Å². The second kappa shape index (κ2) is 7.80. The number of benzene rings is 1. The molecule has 1 saturated carbocycles. The molecule has 1 aliphatic heterocycles. The predicted molar refractivity (Wildman–Crippen MR) is 93.0 cm³/mol. The van der Waals surface area contributed by atoms with Crippen molar-refractivity contribution in [2.24, 2.45) is 5.92 Å². The minimum absolute atomic E-state index is 0.0956. The maximum absolute atomic E-state index is 13.8. The molecule has 7 heteroatoms. The van der Waals surface area contributed by atoms with E-state index in [4.69, 9.17) is 0 Å². The van der Waals surface area contributed by atoms with Crippen LogP contribution in [0.2, 0.25) is 0 Å². The van der Waals surface area contributed by atoms with Crippen molar-refractivity contribution in [3.05, 3.63) is 34.1 Å². The Bertz CT molecular complexity index is 638. The Kier molecular flexibility index (Phi) is 5.50. The molecule has 0 spiro atoms. The SMILES string of the molecule is O=C(NC1CCN(c2cccc(F)c2[N+](=O)[O-])CC1)C1CCCCC1. The molecule has 1 aliphatic carbocycles. The average molecular weight is 349 g/mol. The number of carbonyl (C=O) groups excluding carboxylic acids is 1. The quantitative estimate of drug-likeness (QED) is 0.668. The summed E-state index contributed by atoms with van der Waals surface area (Å²) >= 11 is 0. The van der Waals surface area contributed by atoms with E-state index in [0.717, 1.165) is 31.7 Å². The summed E-state index contributed by atoms with van der Waals surface area (Å²) < 4.78 is 13.8. The van der Waals surface area contributed by atoms with Crippen LogP contribution in [0.3, 0.4) is 0 Å². The maximum Gasteiger partial charge on any atom is 0.327 e. The fraction of sp³-hybridized carbons (Fsp3) is 0.611. The molecule has 1 aromatic rings. The molecule has 1 aromatic carbocycles. The largest absolute Gasteiger partial charge is 0.366 e. The number of nitrogens with one attached hydrogen (secondary N) is 1. The molecule has 25 heavy (non-hydrogen) atoms. The second-order valence-corrected chi connectivity index (χ2v) is 6.97. The van der Waals surface area contributed by atoms with Crippen LogP contribution in [0.5, 0.6) is 0 Å². The Labute approximate surface area is 146 Å². The van der Waals surface area contributed by atoms with Crippen LogP contribution in [0.15, 0.2) is 18.2 Å². The van der Waals surface area contributed by atoms with E-state index in [2.05, 4.69) is 5.32 Å². The van der Waals surface area contributed by atoms with E-state index in [1.54, 1.807) is 6.07 Å². The van der Waals surface area contributed by atoms with Crippen LogP contribution in [0, 0.1) is 21.8 Å². The van der Waals surface area contributed by atoms with Gasteiger partial charge in [0.1, 0.15) is 5.69 Å². The molecular formula is C18H24FN3O3. The summed E-state index contributed by atoms with van der Waals surface area (Å²) in [5.41, 5.74) is -0.144. The highest BCUT2D eigenvalue weighted by atomic mass is 19.1. The van der Waals surface area contributed by atoms with Crippen molar-refractivity contribution >= 4 is 17.3 Å². The number of halogens is 1. The highest BCUT2D eigenvalue weighted by Gasteiger charge is 2.29. The number of nitro benzene ring substituents is 1. The van der Waals surface area contributed by atoms with Crippen molar-refractivity contribution in [3.8, 4) is 0 Å². The number of amides is 1. The summed E-state index contributed by atoms with van der Waals surface area (Å²) in [5, 5.41) is 14.3. The lowest BCUT2D eigenvalue weighted by atomic mass is 9.88. The molecule has 2 aliphatic rings. The summed E-state index contributed by atoms with van der Waals surface area (Å²) in [6.07, 6.45) is 6.84. The third-order valence-corrected chi connectivity index (χ3v) is 5.31. The monoisotopic (exact) mass is 349 g/mol. The van der Waals surface area contributed by atoms with Crippen LogP contribution >= 0.6 is 0 Å². The number of para-hydroxylation sites is 1. The van der Waals surface area contributed by atoms with E-state index >= 15 is 0 Å². The molecule has 0 bridgehead atoms. The number of nitrogens with zero attached hydrogens (tertiary/aromatic N) is 2. The normalized spacial score (nSPS) is 19.6. The highest BCUT2D eigenvalue weighted by molar-refractivity contribution is 5.79. The number of nitro groups is 1. The Balaban J connectivity index is 1.58. The smallest absolute Gasteiger partial charge is 0.327 e. The third kappa shape index (κ3) is 4.08. The van der Waals surface area contributed by atoms with E-state index in [0.29, 0.717) is 31.6 Å². The number of hydrogen-bond acceptors (Lipinski definition) is 4. The van der Waals surface area contributed by atoms with Crippen molar-refractivity contribution in [2.75, 3.05) is 18.0 Å². The van der Waals surface area contributed by atoms with Crippen molar-refractivity contribution in [1.82, 2.24) is 5.32 Å². The summed E-state index contributed by atoms with van der Waals surface area (Å²) in [7, 11) is 0. The first kappa shape index (κ1) is 17.6. The highest BCUT2D eigenvalue weighted by Crippen LogP contribution is 2.32. The molecule has 1 heterocycles. The van der Waals surface area contributed by atoms with Gasteiger partial charge in [0.25, 0.3) is 0 Å². The fourth-order valence-corrected chi connectivity index (χ4v) is 3.89. The topological polar surface area (TPSA) is 75.5 Å². The van der Waals surface area contributed by atoms with Gasteiger partial charge in [-0.3, -0.25) is 14.9 Å². The third-order valence-electron chi connectivity index (χ3n) is 5.31. The minimum atomic E-state index is -0.810. The number of hydrogen-bond donors (Lipinski definition) is 1. The molecule has 3 rings (SSSR count). The minimum Gasteiger partial charge on any atom is -0.366 e. The van der Waals surface area contributed by atoms with Crippen molar-refractivity contribution in [3.63, 3.8) is 0 Å². The first-order valence-electron chi connectivity index (χ1n) is 9.04. The van der Waals surface area contributed by atoms with Crippen molar-refractivity contribution < 1.29 is 14.1 Å². The van der Waals surface area contributed by atoms with Crippen LogP contribution < -0.4 is 10.2 Å². The second-order valence-electron chi connectivity index (χ2n) is 6.97. The summed E-state index contributed by atoms with van der Waals surface area (Å²) in [6, 6.07) is 4.29. The molecule has 136 valence electrons. The molecule has 1 amide bonds. The van der Waals surface area contributed by atoms with Gasteiger partial charge in [0, 0.05) is 25.0 Å². The van der Waals surface area contributed by atoms with Crippen LogP contribution in [-0.4, -0.2) is 30.0 Å². The first-order valence-corrected chi connectivity index (χ1v) is 9.04. The van der Waals surface area contributed by atoms with Gasteiger partial charge in [0.2, 0.25) is 11.7 Å². The molecule has 0 aromatic heterocycles. The van der Waals surface area contributed by atoms with Gasteiger partial charge >= 0.3 is 5.69 Å². The molecule has 6 nitrogen and oxygen atoms in total. The molecule has 0 unspecified atom stereocenters. The number of anilines is 1. The van der Waals surface area contributed by atoms with E-state index in [-0.39, 0.29) is 17.9 Å². The van der Waals surface area contributed by atoms with Gasteiger partial charge in [-0.2, -0.15) is 4.39 Å². The maximum atomic E-state index is 13.8. The van der Waals surface area contributed by atoms with Gasteiger partial charge in [-0.15, -0.1) is 0 Å². The number of carbonyl (C=O) groups is 1. The average Bonchev–Trinajstić information content (AvgIpc) is 2.62. The lowest BCUT2D eigenvalue weighted by molar-refractivity contribution is -0.386. The zero-order chi connectivity index (χ0) is 17.8. The Morgan fingerprint density at radius 1 is 1.16 bits per heavy atom. The molecule has 1 saturated heterocycles. The number of rotatable bonds is 4. The lowest BCUT2D eigenvalue weighted by Crippen LogP contribution is -2.46. The zero-order valence-electron chi connectivity index (χ0n) is 14.2. The molecule has 1 N–H and O–H groups in total. The lowest BCUT2D eigenvalue weighted by Gasteiger charge is -2.34. The standard InChI is InChI=1S/C18H24FN3O3/c19-15-7-4-8-16(17(15)22(24)25)21-11-9-14(10-12-21)20-18(23)13-5-2-1-3-6-13/h4,7-8,13-14H,1-3,5-6,9-12H2,(H,20,23). The van der Waals surface area contributed by atoms with Gasteiger partial charge in [0.05, 0.1) is 4.92 Å². The van der Waals surface area contributed by atoms with Crippen LogP contribution in [0.4, 0.5) is 15.8 Å². The van der Waals surface area contributed by atoms with Crippen molar-refractivity contribution in [1.29, 1.82) is 0 Å². The molecule has 0 radical (unpaired) electrons. The first-order chi connectivity index (χ1) is 12.1. The molecule has 2 fully saturated rings. The summed E-state index contributed by atoms with van der Waals surface area (Å²) in [6.45, 7) is 1.14. The fourth-order valence-electron chi connectivity index (χ4n) is 3.89. The van der Waals surface area contributed by atoms with Gasteiger partial charge in [0.15, 0.2) is 0 Å². The van der Waals surface area contributed by atoms with Gasteiger partial charge in [-0.25, -0.2) is 0 Å². The summed E-state index contributed by atoms with van der Waals surface area (Å²) in [5.74, 6) is -0.527. The van der Waals surface area contributed by atoms with Crippen LogP contribution in [0.25, 0.3) is 0 Å². The summed E-state index contributed by atoms with van der Waals surface area (Å²) in [4.78, 5) is 24.7. The van der Waals surface area contributed by atoms with E-state index in [1.165, 1.54) is 12.5 Å². The number of piperidine rings is 1. The van der Waals surface area contributed by atoms with Crippen LogP contribution in [0.1, 0.15) is 44.9 Å². The molecule has 0 atom stereocenters. The van der Waals surface area contributed by atoms with Gasteiger partial charge < -0.3 is 10.2 Å². The van der Waals surface area contributed by atoms with Gasteiger partial charge in [-0.1, -0.05) is 25.3 Å². The Morgan fingerprint density at radius 2 is 1.84 bits per heavy atom. The van der Waals surface area contributed by atoms with Crippen molar-refractivity contribution in [2.45, 2.75) is 51.0 Å². The predicted octanol–water partition coefficient (Wildman–Crippen LogP) is 3.40. The Hall–Kier alpha value is -2.18. The Morgan fingerprint density at radius 3 is 2.48 bits per heavy atom. The van der Waals surface area contributed by atoms with Gasteiger partial charge in [-0.05, 0) is 37.8 Å². The zero-order valence-corrected chi connectivity index (χ0v) is 14.2.